The van der Waals surface area contributed by atoms with Crippen molar-refractivity contribution < 1.29 is 24.2 Å². The third kappa shape index (κ3) is 5.84. The first-order valence-electron chi connectivity index (χ1n) is 10.6. The summed E-state index contributed by atoms with van der Waals surface area (Å²) in [6.45, 7) is 2.46. The smallest absolute Gasteiger partial charge is 0.407 e. The first kappa shape index (κ1) is 22.3. The predicted molar refractivity (Wildman–Crippen MR) is 117 cm³/mol. The Balaban J connectivity index is 1.37. The predicted octanol–water partition coefficient (Wildman–Crippen LogP) is 3.53. The van der Waals surface area contributed by atoms with Crippen LogP contribution in [0.5, 0.6) is 0 Å². The van der Waals surface area contributed by atoms with Crippen LogP contribution in [0.25, 0.3) is 11.1 Å². The van der Waals surface area contributed by atoms with Gasteiger partial charge < -0.3 is 20.5 Å². The summed E-state index contributed by atoms with van der Waals surface area (Å²) in [7, 11) is 0. The Labute approximate surface area is 181 Å². The van der Waals surface area contributed by atoms with E-state index in [9.17, 15) is 14.4 Å². The molecule has 0 saturated heterocycles. The number of carbonyl (C=O) groups excluding carboxylic acids is 2. The Morgan fingerprint density at radius 2 is 1.58 bits per heavy atom. The first-order valence-corrected chi connectivity index (χ1v) is 10.6. The minimum atomic E-state index is -0.835. The molecule has 1 atom stereocenters. The van der Waals surface area contributed by atoms with E-state index >= 15 is 0 Å². The quantitative estimate of drug-likeness (QED) is 0.506. The second-order valence-electron chi connectivity index (χ2n) is 7.73. The molecule has 7 nitrogen and oxygen atoms in total. The van der Waals surface area contributed by atoms with Crippen LogP contribution >= 0.6 is 0 Å². The minimum Gasteiger partial charge on any atom is -0.481 e. The van der Waals surface area contributed by atoms with E-state index in [1.807, 2.05) is 24.3 Å². The maximum Gasteiger partial charge on any atom is 0.407 e. The molecule has 164 valence electrons. The summed E-state index contributed by atoms with van der Waals surface area (Å²) in [6.07, 6.45) is 0.690. The topological polar surface area (TPSA) is 105 Å². The van der Waals surface area contributed by atoms with Crippen molar-refractivity contribution in [2.45, 2.75) is 32.1 Å². The van der Waals surface area contributed by atoms with Crippen LogP contribution in [0.1, 0.15) is 43.2 Å². The molecule has 3 N–H and O–H groups in total. The van der Waals surface area contributed by atoms with Crippen molar-refractivity contribution in [1.29, 1.82) is 0 Å². The zero-order chi connectivity index (χ0) is 22.2. The maximum atomic E-state index is 12.1. The molecule has 1 unspecified atom stereocenters. The van der Waals surface area contributed by atoms with Crippen molar-refractivity contribution in [3.63, 3.8) is 0 Å². The molecule has 3 rings (SSSR count). The van der Waals surface area contributed by atoms with Gasteiger partial charge in [0.05, 0.1) is 5.92 Å². The van der Waals surface area contributed by atoms with Gasteiger partial charge in [0, 0.05) is 25.4 Å². The molecule has 7 heteroatoms. The van der Waals surface area contributed by atoms with E-state index in [-0.39, 0.29) is 31.4 Å². The molecule has 2 aromatic carbocycles. The summed E-state index contributed by atoms with van der Waals surface area (Å²) in [4.78, 5) is 34.7. The van der Waals surface area contributed by atoms with Crippen molar-refractivity contribution in [3.8, 4) is 11.1 Å². The molecule has 0 heterocycles. The van der Waals surface area contributed by atoms with E-state index in [4.69, 9.17) is 9.84 Å². The standard InChI is InChI=1S/C24H28N2O5/c1-16(23(28)29)7-6-13-25-22(27)12-14-26-24(30)31-15-21-19-10-4-2-8-17(19)18-9-3-5-11-20(18)21/h2-5,8-11,16,21H,6-7,12-15H2,1H3,(H,25,27)(H,26,30)(H,28,29). The minimum absolute atomic E-state index is 0.00496. The van der Waals surface area contributed by atoms with Gasteiger partial charge in [-0.25, -0.2) is 4.79 Å². The van der Waals surface area contributed by atoms with Crippen molar-refractivity contribution in [2.24, 2.45) is 5.92 Å². The third-order valence-corrected chi connectivity index (χ3v) is 5.52. The van der Waals surface area contributed by atoms with Gasteiger partial charge in [-0.15, -0.1) is 0 Å². The van der Waals surface area contributed by atoms with Crippen LogP contribution in [-0.4, -0.2) is 42.8 Å². The van der Waals surface area contributed by atoms with Crippen LogP contribution < -0.4 is 10.6 Å². The molecule has 1 aliphatic carbocycles. The molecule has 0 fully saturated rings. The number of carboxylic acids is 1. The molecular formula is C24H28N2O5. The van der Waals surface area contributed by atoms with E-state index in [2.05, 4.69) is 34.9 Å². The van der Waals surface area contributed by atoms with E-state index in [0.717, 1.165) is 11.1 Å². The van der Waals surface area contributed by atoms with Crippen LogP contribution in [0.15, 0.2) is 48.5 Å². The second-order valence-corrected chi connectivity index (χ2v) is 7.73. The van der Waals surface area contributed by atoms with Gasteiger partial charge in [-0.1, -0.05) is 55.5 Å². The number of amides is 2. The zero-order valence-electron chi connectivity index (χ0n) is 17.6. The van der Waals surface area contributed by atoms with E-state index in [1.165, 1.54) is 11.1 Å². The van der Waals surface area contributed by atoms with Crippen LogP contribution in [0, 0.1) is 5.92 Å². The van der Waals surface area contributed by atoms with E-state index in [1.54, 1.807) is 6.92 Å². The van der Waals surface area contributed by atoms with E-state index < -0.39 is 18.0 Å². The Morgan fingerprint density at radius 3 is 2.19 bits per heavy atom. The number of hydrogen-bond acceptors (Lipinski definition) is 4. The number of hydrogen-bond donors (Lipinski definition) is 3. The fourth-order valence-electron chi connectivity index (χ4n) is 3.78. The lowest BCUT2D eigenvalue weighted by atomic mass is 9.98. The first-order chi connectivity index (χ1) is 15.0. The van der Waals surface area contributed by atoms with Crippen molar-refractivity contribution in [2.75, 3.05) is 19.7 Å². The lowest BCUT2D eigenvalue weighted by Gasteiger charge is -2.14. The molecule has 0 bridgehead atoms. The Kier molecular flexibility index (Phi) is 7.65. The molecule has 0 radical (unpaired) electrons. The molecule has 1 aliphatic rings. The monoisotopic (exact) mass is 424 g/mol. The number of aliphatic carboxylic acids is 1. The van der Waals surface area contributed by atoms with Gasteiger partial charge in [0.15, 0.2) is 0 Å². The molecule has 0 spiro atoms. The fourth-order valence-corrected chi connectivity index (χ4v) is 3.78. The maximum absolute atomic E-state index is 12.1. The van der Waals surface area contributed by atoms with Crippen molar-refractivity contribution in [3.05, 3.63) is 59.7 Å². The number of rotatable bonds is 10. The van der Waals surface area contributed by atoms with Gasteiger partial charge in [0.25, 0.3) is 0 Å². The van der Waals surface area contributed by atoms with E-state index in [0.29, 0.717) is 19.4 Å². The zero-order valence-corrected chi connectivity index (χ0v) is 17.6. The summed E-state index contributed by atoms with van der Waals surface area (Å²) < 4.78 is 5.43. The van der Waals surface area contributed by atoms with Gasteiger partial charge in [-0.2, -0.15) is 0 Å². The molecule has 2 aromatic rings. The molecule has 2 amide bonds. The van der Waals surface area contributed by atoms with Crippen LogP contribution in [0.3, 0.4) is 0 Å². The molecule has 0 aromatic heterocycles. The number of ether oxygens (including phenoxy) is 1. The number of fused-ring (bicyclic) bond motifs is 3. The average molecular weight is 424 g/mol. The Morgan fingerprint density at radius 1 is 0.968 bits per heavy atom. The third-order valence-electron chi connectivity index (χ3n) is 5.52. The Hall–Kier alpha value is -3.35. The van der Waals surface area contributed by atoms with Gasteiger partial charge in [0.1, 0.15) is 6.61 Å². The van der Waals surface area contributed by atoms with Crippen molar-refractivity contribution >= 4 is 18.0 Å². The molecule has 31 heavy (non-hydrogen) atoms. The SMILES string of the molecule is CC(CCCNC(=O)CCNC(=O)OCC1c2ccccc2-c2ccccc21)C(=O)O. The number of carbonyl (C=O) groups is 3. The highest BCUT2D eigenvalue weighted by Crippen LogP contribution is 2.44. The van der Waals surface area contributed by atoms with Crippen LogP contribution in [-0.2, 0) is 14.3 Å². The van der Waals surface area contributed by atoms with Crippen molar-refractivity contribution in [1.82, 2.24) is 10.6 Å². The molecule has 0 saturated carbocycles. The highest BCUT2D eigenvalue weighted by molar-refractivity contribution is 5.79. The van der Waals surface area contributed by atoms with Crippen LogP contribution in [0.4, 0.5) is 4.79 Å². The summed E-state index contributed by atoms with van der Waals surface area (Å²) in [5.74, 6) is -1.46. The molecular weight excluding hydrogens is 396 g/mol. The number of benzene rings is 2. The summed E-state index contributed by atoms with van der Waals surface area (Å²) >= 11 is 0. The number of nitrogens with one attached hydrogen (secondary N) is 2. The second kappa shape index (κ2) is 10.6. The van der Waals surface area contributed by atoms with Gasteiger partial charge in [0.2, 0.25) is 5.91 Å². The lowest BCUT2D eigenvalue weighted by molar-refractivity contribution is -0.141. The highest BCUT2D eigenvalue weighted by Gasteiger charge is 2.28. The summed E-state index contributed by atoms with van der Waals surface area (Å²) in [6, 6.07) is 16.3. The normalized spacial score (nSPS) is 13.1. The average Bonchev–Trinajstić information content (AvgIpc) is 3.09. The lowest BCUT2D eigenvalue weighted by Crippen LogP contribution is -2.32. The highest BCUT2D eigenvalue weighted by atomic mass is 16.5. The number of alkyl carbamates (subject to hydrolysis) is 1. The van der Waals surface area contributed by atoms with Gasteiger partial charge in [-0.05, 0) is 35.1 Å². The largest absolute Gasteiger partial charge is 0.481 e. The summed E-state index contributed by atoms with van der Waals surface area (Å²) in [5.41, 5.74) is 4.63. The Bertz CT molecular complexity index is 898. The van der Waals surface area contributed by atoms with Crippen LogP contribution in [0.2, 0.25) is 0 Å². The van der Waals surface area contributed by atoms with Gasteiger partial charge >= 0.3 is 12.1 Å². The number of carboxylic acid groups (broad SMARTS) is 1. The molecule has 0 aliphatic heterocycles. The fraction of sp³-hybridized carbons (Fsp3) is 0.375. The summed E-state index contributed by atoms with van der Waals surface area (Å²) in [5, 5.41) is 14.2. The van der Waals surface area contributed by atoms with Gasteiger partial charge in [-0.3, -0.25) is 9.59 Å².